The molecule has 0 bridgehead atoms. The van der Waals surface area contributed by atoms with Crippen molar-refractivity contribution in [3.8, 4) is 0 Å². The second-order valence-corrected chi connectivity index (χ2v) is 11.6. The molecule has 0 unspecified atom stereocenters. The zero-order valence-corrected chi connectivity index (χ0v) is 30.1. The fraction of sp³-hybridized carbons (Fsp3) is 0.600. The van der Waals surface area contributed by atoms with Crippen LogP contribution in [-0.4, -0.2) is 193 Å². The number of rotatable bonds is 17. The molecule has 1 radical (unpaired) electrons. The van der Waals surface area contributed by atoms with Gasteiger partial charge in [0.2, 0.25) is 5.91 Å². The van der Waals surface area contributed by atoms with Crippen LogP contribution in [0.5, 0.6) is 0 Å². The summed E-state index contributed by atoms with van der Waals surface area (Å²) in [6.07, 6.45) is 0. The molecule has 0 aliphatic carbocycles. The van der Waals surface area contributed by atoms with Gasteiger partial charge in [-0.3, -0.25) is 34.0 Å². The maximum Gasteiger partial charge on any atom is 3.00 e. The number of aliphatic hydroxyl groups excluding tert-OH is 4. The molecule has 0 atom stereocenters. The molecule has 0 saturated carbocycles. The van der Waals surface area contributed by atoms with Gasteiger partial charge in [-0.2, -0.15) is 0 Å². The van der Waals surface area contributed by atoms with Crippen molar-refractivity contribution in [2.75, 3.05) is 110 Å². The number of hydrogen-bond acceptors (Lipinski definition) is 17. The Labute approximate surface area is 326 Å². The van der Waals surface area contributed by atoms with Crippen LogP contribution in [0.2, 0.25) is 0 Å². The van der Waals surface area contributed by atoms with Crippen LogP contribution in [-0.2, 0) is 19.2 Å². The van der Waals surface area contributed by atoms with Gasteiger partial charge in [-0.05, 0) is 18.2 Å². The SMILES string of the molecule is O=C([O-])CN1CCN(CC(=O)[O-])CCN(CC(=O)Nc2cc(C(=O)NC(CO)CO)cc(C(=O)NC(CO)CO)c2)CCN(CC(=O)[O-])CC1.[Gd+3]. The van der Waals surface area contributed by atoms with Gasteiger partial charge in [-0.1, -0.05) is 0 Å². The van der Waals surface area contributed by atoms with E-state index in [0.717, 1.165) is 0 Å². The number of carboxylic acid groups (broad SMARTS) is 3. The molecule has 21 heteroatoms. The van der Waals surface area contributed by atoms with E-state index >= 15 is 0 Å². The third-order valence-electron chi connectivity index (χ3n) is 7.65. The van der Waals surface area contributed by atoms with Crippen molar-refractivity contribution in [3.05, 3.63) is 29.3 Å². The third kappa shape index (κ3) is 17.9. The minimum atomic E-state index is -1.37. The van der Waals surface area contributed by atoms with E-state index in [4.69, 9.17) is 0 Å². The molecule has 0 aromatic heterocycles. The van der Waals surface area contributed by atoms with Gasteiger partial charge in [-0.15, -0.1) is 0 Å². The summed E-state index contributed by atoms with van der Waals surface area (Å²) >= 11 is 0. The van der Waals surface area contributed by atoms with Crippen LogP contribution in [0.15, 0.2) is 18.2 Å². The summed E-state index contributed by atoms with van der Waals surface area (Å²) in [5.41, 5.74) is -0.292. The smallest absolute Gasteiger partial charge is 0.549 e. The van der Waals surface area contributed by atoms with Gasteiger partial charge < -0.3 is 66.1 Å². The Hall–Kier alpha value is -2.96. The van der Waals surface area contributed by atoms with Crippen molar-refractivity contribution in [1.29, 1.82) is 0 Å². The average molecular weight is 868 g/mol. The number of amides is 3. The number of nitrogens with zero attached hydrogens (tertiary/aromatic N) is 4. The number of benzene rings is 1. The molecule has 7 N–H and O–H groups in total. The number of carboxylic acids is 3. The summed E-state index contributed by atoms with van der Waals surface area (Å²) in [4.78, 5) is 79.4. The number of aliphatic hydroxyl groups is 4. The van der Waals surface area contributed by atoms with Crippen LogP contribution in [0.1, 0.15) is 20.7 Å². The quantitative estimate of drug-likeness (QED) is 0.0765. The van der Waals surface area contributed by atoms with Crippen LogP contribution in [0.3, 0.4) is 0 Å². The zero-order valence-electron chi connectivity index (χ0n) is 27.8. The van der Waals surface area contributed by atoms with Gasteiger partial charge in [0.25, 0.3) is 11.8 Å². The van der Waals surface area contributed by atoms with E-state index in [-0.39, 0.29) is 116 Å². The normalized spacial score (nSPS) is 15.6. The molecule has 20 nitrogen and oxygen atoms in total. The Morgan fingerprint density at radius 3 is 1.12 bits per heavy atom. The minimum Gasteiger partial charge on any atom is -0.549 e. The van der Waals surface area contributed by atoms with Crippen molar-refractivity contribution in [3.63, 3.8) is 0 Å². The summed E-state index contributed by atoms with van der Waals surface area (Å²) in [6.45, 7) is -3.15. The summed E-state index contributed by atoms with van der Waals surface area (Å²) in [6, 6.07) is 1.60. The van der Waals surface area contributed by atoms with E-state index in [1.54, 1.807) is 4.90 Å². The van der Waals surface area contributed by atoms with Crippen LogP contribution in [0, 0.1) is 39.9 Å². The van der Waals surface area contributed by atoms with Gasteiger partial charge in [0, 0.05) is 88.8 Å². The van der Waals surface area contributed by atoms with Gasteiger partial charge in [0.05, 0.1) is 63.0 Å². The Bertz CT molecular complexity index is 1240. The summed E-state index contributed by atoms with van der Waals surface area (Å²) in [5, 5.41) is 78.9. The third-order valence-corrected chi connectivity index (χ3v) is 7.65. The second kappa shape index (κ2) is 24.3. The van der Waals surface area contributed by atoms with Crippen LogP contribution < -0.4 is 31.3 Å². The van der Waals surface area contributed by atoms with E-state index in [2.05, 4.69) is 16.0 Å². The van der Waals surface area contributed by atoms with E-state index < -0.39 is 93.8 Å². The van der Waals surface area contributed by atoms with E-state index in [1.165, 1.54) is 32.9 Å². The molecule has 1 heterocycles. The Balaban J connectivity index is 0.0000130. The minimum absolute atomic E-state index is 0. The van der Waals surface area contributed by atoms with Crippen molar-refractivity contribution >= 4 is 41.3 Å². The molecule has 285 valence electrons. The van der Waals surface area contributed by atoms with Crippen LogP contribution >= 0.6 is 0 Å². The van der Waals surface area contributed by atoms with Crippen LogP contribution in [0.25, 0.3) is 0 Å². The Kier molecular flexibility index (Phi) is 22.0. The number of hydrogen-bond donors (Lipinski definition) is 7. The summed E-state index contributed by atoms with van der Waals surface area (Å²) in [5.74, 6) is -6.33. The largest absolute Gasteiger partial charge is 3.00 e. The summed E-state index contributed by atoms with van der Waals surface area (Å²) in [7, 11) is 0. The molecular weight excluding hydrogens is 824 g/mol. The fourth-order valence-electron chi connectivity index (χ4n) is 4.96. The van der Waals surface area contributed by atoms with Crippen molar-refractivity contribution in [1.82, 2.24) is 30.2 Å². The number of nitrogens with one attached hydrogen (secondary N) is 3. The first-order chi connectivity index (χ1) is 23.8. The Morgan fingerprint density at radius 1 is 0.549 bits per heavy atom. The standard InChI is InChI=1S/C30H47N7O13.Gd/c38-16-23(17-39)32-29(49)20-9-21(30(50)33-24(18-40)19-41)11-22(10-20)31-25(42)12-34-1-3-35(13-26(43)44)5-7-37(15-28(47)48)8-6-36(4-2-34)14-27(45)46;/h9-11,23-24,38-41H,1-8,12-19H2,(H,31,42)(H,32,49)(H,33,50)(H,43,44)(H,45,46)(H,47,48);/q;+3/p-3. The first-order valence-corrected chi connectivity index (χ1v) is 15.8. The van der Waals surface area contributed by atoms with E-state index in [0.29, 0.717) is 0 Å². The molecule has 1 saturated heterocycles. The van der Waals surface area contributed by atoms with Crippen LogP contribution in [0.4, 0.5) is 5.69 Å². The maximum absolute atomic E-state index is 13.3. The van der Waals surface area contributed by atoms with Gasteiger partial charge in [0.15, 0.2) is 0 Å². The predicted molar refractivity (Wildman–Crippen MR) is 167 cm³/mol. The van der Waals surface area contributed by atoms with Crippen molar-refractivity contribution in [2.24, 2.45) is 0 Å². The topological polar surface area (TPSA) is 302 Å². The second-order valence-electron chi connectivity index (χ2n) is 11.6. The van der Waals surface area contributed by atoms with Gasteiger partial charge >= 0.3 is 39.9 Å². The number of carbonyl (C=O) groups excluding carboxylic acids is 6. The molecular formula is C30H44GdN7O13. The molecule has 1 aromatic carbocycles. The van der Waals surface area contributed by atoms with Gasteiger partial charge in [0.1, 0.15) is 0 Å². The molecule has 51 heavy (non-hydrogen) atoms. The molecule has 1 aliphatic rings. The predicted octanol–water partition coefficient (Wildman–Crippen LogP) is -8.74. The Morgan fingerprint density at radius 2 is 0.843 bits per heavy atom. The maximum atomic E-state index is 13.3. The number of anilines is 1. The molecule has 1 aromatic rings. The first-order valence-electron chi connectivity index (χ1n) is 15.8. The summed E-state index contributed by atoms with van der Waals surface area (Å²) < 4.78 is 0. The monoisotopic (exact) mass is 868 g/mol. The van der Waals surface area contributed by atoms with Crippen molar-refractivity contribution in [2.45, 2.75) is 12.1 Å². The fourth-order valence-corrected chi connectivity index (χ4v) is 4.96. The molecule has 3 amide bonds. The number of aliphatic carboxylic acids is 3. The zero-order chi connectivity index (χ0) is 37.2. The van der Waals surface area contributed by atoms with E-state index in [9.17, 15) is 64.5 Å². The molecule has 1 aliphatic heterocycles. The molecule has 0 spiro atoms. The molecule has 2 rings (SSSR count). The average Bonchev–Trinajstić information content (AvgIpc) is 3.06. The van der Waals surface area contributed by atoms with E-state index in [1.807, 2.05) is 0 Å². The van der Waals surface area contributed by atoms with Gasteiger partial charge in [-0.25, -0.2) is 0 Å². The number of carbonyl (C=O) groups is 6. The first kappa shape index (κ1) is 46.1. The van der Waals surface area contributed by atoms with Crippen molar-refractivity contribution < 1.29 is 104 Å². The molecule has 1 fully saturated rings.